The van der Waals surface area contributed by atoms with Crippen molar-refractivity contribution in [3.8, 4) is 5.75 Å². The Labute approximate surface area is 128 Å². The number of benzene rings is 2. The number of phenols is 1. The molecule has 6 nitrogen and oxygen atoms in total. The summed E-state index contributed by atoms with van der Waals surface area (Å²) < 4.78 is 30.1. The molecular formula is C15H15NO5S. The van der Waals surface area contributed by atoms with Gasteiger partial charge in [0.2, 0.25) is 9.84 Å². The highest BCUT2D eigenvalue weighted by Gasteiger charge is 2.28. The number of sulfone groups is 1. The van der Waals surface area contributed by atoms with E-state index in [0.717, 1.165) is 24.8 Å². The molecule has 0 unspecified atom stereocenters. The van der Waals surface area contributed by atoms with E-state index in [1.165, 1.54) is 12.1 Å². The number of nitrogens with two attached hydrogens (primary N) is 1. The zero-order valence-corrected chi connectivity index (χ0v) is 12.8. The summed E-state index contributed by atoms with van der Waals surface area (Å²) in [5.41, 5.74) is 6.09. The van der Waals surface area contributed by atoms with E-state index in [1.54, 1.807) is 12.1 Å². The summed E-state index contributed by atoms with van der Waals surface area (Å²) in [7, 11) is -2.91. The van der Waals surface area contributed by atoms with Crippen molar-refractivity contribution in [1.29, 1.82) is 0 Å². The van der Waals surface area contributed by atoms with E-state index in [2.05, 4.69) is 4.74 Å². The fourth-order valence-corrected chi connectivity index (χ4v) is 3.56. The summed E-state index contributed by atoms with van der Waals surface area (Å²) in [6.07, 6.45) is 0. The number of carbonyl (C=O) groups excluding carboxylic acids is 1. The molecule has 0 amide bonds. The predicted molar refractivity (Wildman–Crippen MR) is 80.5 cm³/mol. The molecule has 0 saturated carbocycles. The van der Waals surface area contributed by atoms with Crippen LogP contribution in [0.4, 0.5) is 5.69 Å². The number of aryl methyl sites for hydroxylation is 1. The second kappa shape index (κ2) is 5.69. The molecule has 7 heteroatoms. The van der Waals surface area contributed by atoms with Gasteiger partial charge in [-0.25, -0.2) is 13.2 Å². The Morgan fingerprint density at radius 3 is 2.32 bits per heavy atom. The largest absolute Gasteiger partial charge is 0.508 e. The minimum absolute atomic E-state index is 0.000595. The number of aromatic hydroxyl groups is 1. The Morgan fingerprint density at radius 1 is 1.18 bits per heavy atom. The van der Waals surface area contributed by atoms with Crippen molar-refractivity contribution in [2.24, 2.45) is 0 Å². The number of rotatable bonds is 3. The van der Waals surface area contributed by atoms with Crippen molar-refractivity contribution >= 4 is 21.5 Å². The van der Waals surface area contributed by atoms with Crippen LogP contribution in [0, 0.1) is 6.92 Å². The summed E-state index contributed by atoms with van der Waals surface area (Å²) in [6, 6.07) is 8.23. The lowest BCUT2D eigenvalue weighted by Gasteiger charge is -2.13. The first-order valence-corrected chi connectivity index (χ1v) is 7.78. The Bertz CT molecular complexity index is 826. The molecule has 0 spiro atoms. The standard InChI is InChI=1S/C15H15NO5S/c1-9-3-5-11(6-4-9)22(19,20)14-12(15(18)21-2)7-10(17)8-13(14)16/h3-8,17H,16H2,1-2H3. The SMILES string of the molecule is COC(=O)c1cc(O)cc(N)c1S(=O)(=O)c1ccc(C)cc1. The maximum absolute atomic E-state index is 12.7. The molecule has 22 heavy (non-hydrogen) atoms. The molecule has 3 N–H and O–H groups in total. The van der Waals surface area contributed by atoms with Gasteiger partial charge in [0.1, 0.15) is 10.6 Å². The van der Waals surface area contributed by atoms with Crippen LogP contribution < -0.4 is 5.73 Å². The van der Waals surface area contributed by atoms with E-state index < -0.39 is 15.8 Å². The smallest absolute Gasteiger partial charge is 0.339 e. The van der Waals surface area contributed by atoms with Crippen molar-refractivity contribution in [1.82, 2.24) is 0 Å². The molecule has 2 aromatic rings. The number of ether oxygens (including phenoxy) is 1. The zero-order valence-electron chi connectivity index (χ0n) is 12.0. The van der Waals surface area contributed by atoms with E-state index >= 15 is 0 Å². The maximum atomic E-state index is 12.7. The molecule has 0 radical (unpaired) electrons. The molecule has 0 saturated heterocycles. The molecule has 0 heterocycles. The van der Waals surface area contributed by atoms with Crippen LogP contribution in [0.5, 0.6) is 5.75 Å². The molecule has 0 aliphatic carbocycles. The third kappa shape index (κ3) is 2.75. The first-order chi connectivity index (χ1) is 10.3. The third-order valence-corrected chi connectivity index (χ3v) is 4.99. The summed E-state index contributed by atoms with van der Waals surface area (Å²) in [4.78, 5) is 11.4. The normalized spacial score (nSPS) is 11.2. The van der Waals surface area contributed by atoms with Gasteiger partial charge >= 0.3 is 5.97 Å². The van der Waals surface area contributed by atoms with Gasteiger partial charge < -0.3 is 15.6 Å². The van der Waals surface area contributed by atoms with E-state index in [0.29, 0.717) is 0 Å². The number of methoxy groups -OCH3 is 1. The average Bonchev–Trinajstić information content (AvgIpc) is 2.45. The number of nitrogen functional groups attached to an aromatic ring is 1. The van der Waals surface area contributed by atoms with Gasteiger partial charge in [0.25, 0.3) is 0 Å². The first-order valence-electron chi connectivity index (χ1n) is 6.30. The lowest BCUT2D eigenvalue weighted by atomic mass is 10.2. The molecule has 2 rings (SSSR count). The van der Waals surface area contributed by atoms with Crippen molar-refractivity contribution in [3.05, 3.63) is 47.5 Å². The predicted octanol–water partition coefficient (Wildman–Crippen LogP) is 1.90. The first kappa shape index (κ1) is 15.8. The molecule has 2 aromatic carbocycles. The fraction of sp³-hybridized carbons (Fsp3) is 0.133. The van der Waals surface area contributed by atoms with Gasteiger partial charge in [-0.3, -0.25) is 0 Å². The van der Waals surface area contributed by atoms with Crippen LogP contribution in [-0.4, -0.2) is 26.6 Å². The van der Waals surface area contributed by atoms with Gasteiger partial charge in [0.05, 0.1) is 23.3 Å². The van der Waals surface area contributed by atoms with Gasteiger partial charge in [0.15, 0.2) is 0 Å². The van der Waals surface area contributed by atoms with Gasteiger partial charge in [-0.05, 0) is 25.1 Å². The number of carbonyl (C=O) groups is 1. The molecule has 116 valence electrons. The van der Waals surface area contributed by atoms with E-state index in [4.69, 9.17) is 5.73 Å². The van der Waals surface area contributed by atoms with Gasteiger partial charge in [-0.1, -0.05) is 17.7 Å². The van der Waals surface area contributed by atoms with Crippen LogP contribution in [0.2, 0.25) is 0 Å². The van der Waals surface area contributed by atoms with Crippen LogP contribution in [0.3, 0.4) is 0 Å². The summed E-state index contributed by atoms with van der Waals surface area (Å²) in [5.74, 6) is -1.21. The highest BCUT2D eigenvalue weighted by Crippen LogP contribution is 2.33. The van der Waals surface area contributed by atoms with Crippen LogP contribution in [0.15, 0.2) is 46.2 Å². The topological polar surface area (TPSA) is 107 Å². The Hall–Kier alpha value is -2.54. The second-order valence-electron chi connectivity index (χ2n) is 4.72. The zero-order chi connectivity index (χ0) is 16.5. The monoisotopic (exact) mass is 321 g/mol. The van der Waals surface area contributed by atoms with Crippen LogP contribution in [-0.2, 0) is 14.6 Å². The van der Waals surface area contributed by atoms with E-state index in [-0.39, 0.29) is 26.8 Å². The molecule has 0 aliphatic heterocycles. The number of anilines is 1. The van der Waals surface area contributed by atoms with Crippen molar-refractivity contribution < 1.29 is 23.1 Å². The third-order valence-electron chi connectivity index (χ3n) is 3.11. The molecule has 0 atom stereocenters. The Balaban J connectivity index is 2.75. The second-order valence-corrected chi connectivity index (χ2v) is 6.61. The van der Waals surface area contributed by atoms with Crippen molar-refractivity contribution in [2.75, 3.05) is 12.8 Å². The van der Waals surface area contributed by atoms with Crippen molar-refractivity contribution in [3.63, 3.8) is 0 Å². The Morgan fingerprint density at radius 2 is 1.77 bits per heavy atom. The molecule has 0 bridgehead atoms. The highest BCUT2D eigenvalue weighted by atomic mass is 32.2. The maximum Gasteiger partial charge on any atom is 0.339 e. The number of hydrogen-bond donors (Lipinski definition) is 2. The molecule has 0 fully saturated rings. The number of hydrogen-bond acceptors (Lipinski definition) is 6. The number of phenolic OH excluding ortho intramolecular Hbond substituents is 1. The lowest BCUT2D eigenvalue weighted by molar-refractivity contribution is 0.0596. The van der Waals surface area contributed by atoms with Crippen LogP contribution in [0.1, 0.15) is 15.9 Å². The average molecular weight is 321 g/mol. The van der Waals surface area contributed by atoms with Crippen molar-refractivity contribution in [2.45, 2.75) is 16.7 Å². The summed E-state index contributed by atoms with van der Waals surface area (Å²) in [5, 5.41) is 9.55. The highest BCUT2D eigenvalue weighted by molar-refractivity contribution is 7.91. The van der Waals surface area contributed by atoms with E-state index in [1.807, 2.05) is 6.92 Å². The van der Waals surface area contributed by atoms with Gasteiger partial charge in [-0.15, -0.1) is 0 Å². The van der Waals surface area contributed by atoms with Gasteiger partial charge in [-0.2, -0.15) is 0 Å². The van der Waals surface area contributed by atoms with Gasteiger partial charge in [0, 0.05) is 6.07 Å². The molecule has 0 aliphatic rings. The lowest BCUT2D eigenvalue weighted by Crippen LogP contribution is -2.13. The Kier molecular flexibility index (Phi) is 4.09. The van der Waals surface area contributed by atoms with Crippen LogP contribution in [0.25, 0.3) is 0 Å². The minimum atomic E-state index is -4.03. The fourth-order valence-electron chi connectivity index (χ4n) is 2.03. The minimum Gasteiger partial charge on any atom is -0.508 e. The molecule has 0 aromatic heterocycles. The molecular weight excluding hydrogens is 306 g/mol. The van der Waals surface area contributed by atoms with Crippen LogP contribution >= 0.6 is 0 Å². The number of esters is 1. The van der Waals surface area contributed by atoms with E-state index in [9.17, 15) is 18.3 Å². The summed E-state index contributed by atoms with van der Waals surface area (Å²) >= 11 is 0. The quantitative estimate of drug-likeness (QED) is 0.660. The summed E-state index contributed by atoms with van der Waals surface area (Å²) in [6.45, 7) is 1.82.